The lowest BCUT2D eigenvalue weighted by molar-refractivity contribution is -0.384. The van der Waals surface area contributed by atoms with Gasteiger partial charge in [-0.3, -0.25) is 10.1 Å². The molecule has 3 rings (SSSR count). The molecule has 3 aromatic rings. The Bertz CT molecular complexity index is 745. The summed E-state index contributed by atoms with van der Waals surface area (Å²) >= 11 is 0. The predicted molar refractivity (Wildman–Crippen MR) is 78.7 cm³/mol. The molecule has 0 aliphatic carbocycles. The number of para-hydroxylation sites is 1. The third-order valence-electron chi connectivity index (χ3n) is 3.47. The van der Waals surface area contributed by atoms with Crippen LogP contribution >= 0.6 is 0 Å². The number of non-ortho nitro benzene ring substituents is 1. The first kappa shape index (κ1) is 12.4. The molecule has 4 nitrogen and oxygen atoms in total. The number of hydrogen-bond donors (Lipinski definition) is 0. The molecule has 2 aromatic carbocycles. The second-order valence-corrected chi connectivity index (χ2v) is 4.74. The minimum atomic E-state index is -0.372. The maximum Gasteiger partial charge on any atom is 0.269 e. The third kappa shape index (κ3) is 2.40. The molecule has 1 heterocycles. The van der Waals surface area contributed by atoms with E-state index in [9.17, 15) is 10.1 Å². The maximum atomic E-state index is 10.6. The van der Waals surface area contributed by atoms with Gasteiger partial charge in [-0.05, 0) is 29.5 Å². The van der Waals surface area contributed by atoms with Gasteiger partial charge in [-0.25, -0.2) is 0 Å². The number of nitro groups is 1. The Morgan fingerprint density at radius 1 is 1.00 bits per heavy atom. The lowest BCUT2D eigenvalue weighted by atomic mass is 10.1. The van der Waals surface area contributed by atoms with Crippen molar-refractivity contribution in [2.45, 2.75) is 13.0 Å². The van der Waals surface area contributed by atoms with Crippen molar-refractivity contribution in [2.75, 3.05) is 0 Å². The van der Waals surface area contributed by atoms with Crippen molar-refractivity contribution < 1.29 is 4.92 Å². The summed E-state index contributed by atoms with van der Waals surface area (Å²) in [6, 6.07) is 17.1. The van der Waals surface area contributed by atoms with Gasteiger partial charge in [0.1, 0.15) is 0 Å². The summed E-state index contributed by atoms with van der Waals surface area (Å²) in [6.07, 6.45) is 2.94. The highest BCUT2D eigenvalue weighted by atomic mass is 16.6. The Hall–Kier alpha value is -2.62. The van der Waals surface area contributed by atoms with Crippen LogP contribution in [0.2, 0.25) is 0 Å². The van der Waals surface area contributed by atoms with Crippen molar-refractivity contribution in [1.82, 2.24) is 4.57 Å². The molecule has 4 heteroatoms. The molecule has 0 saturated carbocycles. The third-order valence-corrected chi connectivity index (χ3v) is 3.47. The van der Waals surface area contributed by atoms with E-state index in [4.69, 9.17) is 0 Å². The summed E-state index contributed by atoms with van der Waals surface area (Å²) in [7, 11) is 0. The van der Waals surface area contributed by atoms with Crippen LogP contribution in [0, 0.1) is 10.1 Å². The number of fused-ring (bicyclic) bond motifs is 1. The Balaban J connectivity index is 1.74. The first-order valence-electron chi connectivity index (χ1n) is 6.51. The van der Waals surface area contributed by atoms with E-state index < -0.39 is 0 Å². The minimum Gasteiger partial charge on any atom is -0.347 e. The molecule has 0 saturated heterocycles. The molecular weight excluding hydrogens is 252 g/mol. The van der Waals surface area contributed by atoms with E-state index in [0.717, 1.165) is 18.5 Å². The minimum absolute atomic E-state index is 0.139. The van der Waals surface area contributed by atoms with Crippen molar-refractivity contribution in [3.63, 3.8) is 0 Å². The van der Waals surface area contributed by atoms with Crippen molar-refractivity contribution in [3.8, 4) is 0 Å². The monoisotopic (exact) mass is 266 g/mol. The molecule has 0 aliphatic heterocycles. The second kappa shape index (κ2) is 5.17. The summed E-state index contributed by atoms with van der Waals surface area (Å²) in [5, 5.41) is 11.8. The molecule has 0 unspecified atom stereocenters. The van der Waals surface area contributed by atoms with Crippen LogP contribution in [0.3, 0.4) is 0 Å². The van der Waals surface area contributed by atoms with Gasteiger partial charge in [0, 0.05) is 30.4 Å². The quantitative estimate of drug-likeness (QED) is 0.532. The van der Waals surface area contributed by atoms with Gasteiger partial charge in [0.05, 0.1) is 4.92 Å². The molecule has 0 N–H and O–H groups in total. The van der Waals surface area contributed by atoms with E-state index in [1.807, 2.05) is 24.3 Å². The predicted octanol–water partition coefficient (Wildman–Crippen LogP) is 3.79. The molecule has 0 fully saturated rings. The zero-order valence-corrected chi connectivity index (χ0v) is 10.9. The smallest absolute Gasteiger partial charge is 0.269 e. The number of rotatable bonds is 4. The van der Waals surface area contributed by atoms with Crippen molar-refractivity contribution in [2.24, 2.45) is 0 Å². The molecule has 1 aromatic heterocycles. The molecule has 0 bridgehead atoms. The SMILES string of the molecule is O=[N+]([O-])c1ccc(CCn2ccc3ccccc32)cc1. The summed E-state index contributed by atoms with van der Waals surface area (Å²) in [5.74, 6) is 0. The lowest BCUT2D eigenvalue weighted by Gasteiger charge is -2.05. The molecule has 0 spiro atoms. The maximum absolute atomic E-state index is 10.6. The van der Waals surface area contributed by atoms with Crippen LogP contribution < -0.4 is 0 Å². The fourth-order valence-electron chi connectivity index (χ4n) is 2.37. The van der Waals surface area contributed by atoms with Gasteiger partial charge in [0.15, 0.2) is 0 Å². The molecular formula is C16H14N2O2. The van der Waals surface area contributed by atoms with Gasteiger partial charge in [0.25, 0.3) is 5.69 Å². The second-order valence-electron chi connectivity index (χ2n) is 4.74. The van der Waals surface area contributed by atoms with E-state index in [2.05, 4.69) is 29.0 Å². The summed E-state index contributed by atoms with van der Waals surface area (Å²) in [6.45, 7) is 0.866. The van der Waals surface area contributed by atoms with Gasteiger partial charge in [0.2, 0.25) is 0 Å². The summed E-state index contributed by atoms with van der Waals surface area (Å²) in [5.41, 5.74) is 2.46. The number of aryl methyl sites for hydroxylation is 2. The number of aromatic nitrogens is 1. The lowest BCUT2D eigenvalue weighted by Crippen LogP contribution is -1.99. The van der Waals surface area contributed by atoms with Crippen LogP contribution in [0.15, 0.2) is 60.8 Å². The number of nitro benzene ring substituents is 1. The fraction of sp³-hybridized carbons (Fsp3) is 0.125. The van der Waals surface area contributed by atoms with E-state index in [1.165, 1.54) is 10.9 Å². The number of nitrogens with zero attached hydrogens (tertiary/aromatic N) is 2. The molecule has 0 aliphatic rings. The molecule has 0 radical (unpaired) electrons. The molecule has 100 valence electrons. The van der Waals surface area contributed by atoms with Crippen LogP contribution in [0.1, 0.15) is 5.56 Å². The molecule has 20 heavy (non-hydrogen) atoms. The van der Waals surface area contributed by atoms with Crippen LogP contribution in [0.25, 0.3) is 10.9 Å². The van der Waals surface area contributed by atoms with Crippen LogP contribution in [0.5, 0.6) is 0 Å². The Morgan fingerprint density at radius 2 is 1.75 bits per heavy atom. The Labute approximate surface area is 116 Å². The van der Waals surface area contributed by atoms with Gasteiger partial charge < -0.3 is 4.57 Å². The van der Waals surface area contributed by atoms with Gasteiger partial charge in [-0.2, -0.15) is 0 Å². The first-order valence-corrected chi connectivity index (χ1v) is 6.51. The van der Waals surface area contributed by atoms with Crippen molar-refractivity contribution >= 4 is 16.6 Å². The highest BCUT2D eigenvalue weighted by Crippen LogP contribution is 2.17. The van der Waals surface area contributed by atoms with Gasteiger partial charge in [-0.15, -0.1) is 0 Å². The highest BCUT2D eigenvalue weighted by molar-refractivity contribution is 5.79. The van der Waals surface area contributed by atoms with E-state index in [-0.39, 0.29) is 10.6 Å². The van der Waals surface area contributed by atoms with Crippen LogP contribution in [0.4, 0.5) is 5.69 Å². The van der Waals surface area contributed by atoms with E-state index in [0.29, 0.717) is 0 Å². The molecule has 0 atom stereocenters. The van der Waals surface area contributed by atoms with Crippen molar-refractivity contribution in [1.29, 1.82) is 0 Å². The normalized spacial score (nSPS) is 10.8. The van der Waals surface area contributed by atoms with Gasteiger partial charge >= 0.3 is 0 Å². The fourth-order valence-corrected chi connectivity index (χ4v) is 2.37. The average Bonchev–Trinajstić information content (AvgIpc) is 2.89. The standard InChI is InChI=1S/C16H14N2O2/c19-18(20)15-7-5-13(6-8-15)9-11-17-12-10-14-3-1-2-4-16(14)17/h1-8,10,12H,9,11H2. The van der Waals surface area contributed by atoms with E-state index in [1.54, 1.807) is 12.1 Å². The van der Waals surface area contributed by atoms with Crippen LogP contribution in [-0.4, -0.2) is 9.49 Å². The average molecular weight is 266 g/mol. The zero-order chi connectivity index (χ0) is 13.9. The van der Waals surface area contributed by atoms with Gasteiger partial charge in [-0.1, -0.05) is 30.3 Å². The van der Waals surface area contributed by atoms with Crippen LogP contribution in [-0.2, 0) is 13.0 Å². The van der Waals surface area contributed by atoms with E-state index >= 15 is 0 Å². The zero-order valence-electron chi connectivity index (χ0n) is 10.9. The number of benzene rings is 2. The summed E-state index contributed by atoms with van der Waals surface area (Å²) in [4.78, 5) is 10.2. The Kier molecular flexibility index (Phi) is 3.21. The largest absolute Gasteiger partial charge is 0.347 e. The molecule has 0 amide bonds. The Morgan fingerprint density at radius 3 is 2.50 bits per heavy atom. The highest BCUT2D eigenvalue weighted by Gasteiger charge is 2.04. The summed E-state index contributed by atoms with van der Waals surface area (Å²) < 4.78 is 2.21. The first-order chi connectivity index (χ1) is 9.74. The topological polar surface area (TPSA) is 48.1 Å². The van der Waals surface area contributed by atoms with Crippen molar-refractivity contribution in [3.05, 3.63) is 76.5 Å². The number of hydrogen-bond acceptors (Lipinski definition) is 2.